The van der Waals surface area contributed by atoms with Gasteiger partial charge in [-0.3, -0.25) is 4.79 Å². The molecule has 0 saturated carbocycles. The molecule has 2 nitrogen and oxygen atoms in total. The molecule has 1 aliphatic rings. The fourth-order valence-electron chi connectivity index (χ4n) is 3.46. The second kappa shape index (κ2) is 5.72. The predicted octanol–water partition coefficient (Wildman–Crippen LogP) is 3.62. The SMILES string of the molecule is CC(=O)N1CCC(c2ccccc2)(c2ccccc2)CC1. The van der Waals surface area contributed by atoms with Crippen molar-refractivity contribution >= 4 is 5.91 Å². The Morgan fingerprint density at radius 2 is 1.29 bits per heavy atom. The minimum atomic E-state index is 0.0362. The molecule has 3 rings (SSSR count). The van der Waals surface area contributed by atoms with Gasteiger partial charge in [-0.2, -0.15) is 0 Å². The molecule has 2 aromatic carbocycles. The Labute approximate surface area is 126 Å². The summed E-state index contributed by atoms with van der Waals surface area (Å²) in [7, 11) is 0. The molecule has 2 aromatic rings. The van der Waals surface area contributed by atoms with Crippen molar-refractivity contribution in [2.24, 2.45) is 0 Å². The zero-order chi connectivity index (χ0) is 14.7. The maximum atomic E-state index is 11.6. The molecule has 0 N–H and O–H groups in total. The van der Waals surface area contributed by atoms with Crippen LogP contribution < -0.4 is 0 Å². The number of carbonyl (C=O) groups excluding carboxylic acids is 1. The quantitative estimate of drug-likeness (QED) is 0.822. The molecule has 1 amide bonds. The van der Waals surface area contributed by atoms with Crippen molar-refractivity contribution in [2.75, 3.05) is 13.1 Å². The van der Waals surface area contributed by atoms with Gasteiger partial charge in [0.1, 0.15) is 0 Å². The molecule has 0 spiro atoms. The molecule has 21 heavy (non-hydrogen) atoms. The van der Waals surface area contributed by atoms with E-state index >= 15 is 0 Å². The number of nitrogens with zero attached hydrogens (tertiary/aromatic N) is 1. The average molecular weight is 279 g/mol. The zero-order valence-corrected chi connectivity index (χ0v) is 12.5. The van der Waals surface area contributed by atoms with Crippen molar-refractivity contribution in [2.45, 2.75) is 25.2 Å². The summed E-state index contributed by atoms with van der Waals surface area (Å²) in [5, 5.41) is 0. The van der Waals surface area contributed by atoms with E-state index in [0.29, 0.717) is 0 Å². The minimum absolute atomic E-state index is 0.0362. The Hall–Kier alpha value is -2.09. The highest BCUT2D eigenvalue weighted by atomic mass is 16.2. The lowest BCUT2D eigenvalue weighted by atomic mass is 9.68. The molecular weight excluding hydrogens is 258 g/mol. The van der Waals surface area contributed by atoms with Crippen LogP contribution in [0.5, 0.6) is 0 Å². The van der Waals surface area contributed by atoms with Crippen LogP contribution in [-0.2, 0) is 10.2 Å². The maximum Gasteiger partial charge on any atom is 0.219 e. The summed E-state index contributed by atoms with van der Waals surface area (Å²) >= 11 is 0. The van der Waals surface area contributed by atoms with Crippen LogP contribution in [0.3, 0.4) is 0 Å². The van der Waals surface area contributed by atoms with Gasteiger partial charge in [0, 0.05) is 25.4 Å². The third-order valence-corrected chi connectivity index (χ3v) is 4.72. The van der Waals surface area contributed by atoms with E-state index in [1.165, 1.54) is 11.1 Å². The highest BCUT2D eigenvalue weighted by Crippen LogP contribution is 2.41. The monoisotopic (exact) mass is 279 g/mol. The van der Waals surface area contributed by atoms with Gasteiger partial charge in [-0.1, -0.05) is 60.7 Å². The number of hydrogen-bond acceptors (Lipinski definition) is 1. The van der Waals surface area contributed by atoms with E-state index in [9.17, 15) is 4.79 Å². The predicted molar refractivity (Wildman–Crippen MR) is 85.2 cm³/mol. The third-order valence-electron chi connectivity index (χ3n) is 4.72. The molecule has 0 aliphatic carbocycles. The second-order valence-corrected chi connectivity index (χ2v) is 5.82. The van der Waals surface area contributed by atoms with E-state index < -0.39 is 0 Å². The Morgan fingerprint density at radius 3 is 1.67 bits per heavy atom. The first-order chi connectivity index (χ1) is 10.2. The van der Waals surface area contributed by atoms with Gasteiger partial charge in [-0.25, -0.2) is 0 Å². The van der Waals surface area contributed by atoms with Crippen LogP contribution in [0.4, 0.5) is 0 Å². The molecule has 0 radical (unpaired) electrons. The van der Waals surface area contributed by atoms with Crippen molar-refractivity contribution in [3.63, 3.8) is 0 Å². The van der Waals surface area contributed by atoms with Gasteiger partial charge in [0.15, 0.2) is 0 Å². The number of rotatable bonds is 2. The van der Waals surface area contributed by atoms with E-state index in [-0.39, 0.29) is 11.3 Å². The van der Waals surface area contributed by atoms with Crippen LogP contribution >= 0.6 is 0 Å². The number of benzene rings is 2. The van der Waals surface area contributed by atoms with Crippen LogP contribution in [0.25, 0.3) is 0 Å². The van der Waals surface area contributed by atoms with Crippen LogP contribution in [0, 0.1) is 0 Å². The lowest BCUT2D eigenvalue weighted by Crippen LogP contribution is -2.45. The number of piperidine rings is 1. The van der Waals surface area contributed by atoms with Crippen LogP contribution in [0.15, 0.2) is 60.7 Å². The molecule has 0 atom stereocenters. The van der Waals surface area contributed by atoms with Crippen molar-refractivity contribution in [1.82, 2.24) is 4.90 Å². The number of amides is 1. The summed E-state index contributed by atoms with van der Waals surface area (Å²) in [6.45, 7) is 3.33. The van der Waals surface area contributed by atoms with E-state index in [1.807, 2.05) is 4.90 Å². The first-order valence-corrected chi connectivity index (χ1v) is 7.59. The summed E-state index contributed by atoms with van der Waals surface area (Å²) in [6, 6.07) is 21.4. The highest BCUT2D eigenvalue weighted by Gasteiger charge is 2.38. The number of likely N-dealkylation sites (tertiary alicyclic amines) is 1. The maximum absolute atomic E-state index is 11.6. The highest BCUT2D eigenvalue weighted by molar-refractivity contribution is 5.73. The van der Waals surface area contributed by atoms with Gasteiger partial charge < -0.3 is 4.90 Å². The van der Waals surface area contributed by atoms with Gasteiger partial charge in [0.05, 0.1) is 0 Å². The minimum Gasteiger partial charge on any atom is -0.343 e. The van der Waals surface area contributed by atoms with E-state index in [1.54, 1.807) is 6.92 Å². The third kappa shape index (κ3) is 2.58. The van der Waals surface area contributed by atoms with E-state index in [2.05, 4.69) is 60.7 Å². The van der Waals surface area contributed by atoms with Gasteiger partial charge in [0.2, 0.25) is 5.91 Å². The molecule has 1 aliphatic heterocycles. The summed E-state index contributed by atoms with van der Waals surface area (Å²) in [6.07, 6.45) is 1.97. The smallest absolute Gasteiger partial charge is 0.219 e. The van der Waals surface area contributed by atoms with E-state index in [4.69, 9.17) is 0 Å². The van der Waals surface area contributed by atoms with Gasteiger partial charge >= 0.3 is 0 Å². The summed E-state index contributed by atoms with van der Waals surface area (Å²) in [4.78, 5) is 13.6. The lowest BCUT2D eigenvalue weighted by molar-refractivity contribution is -0.130. The summed E-state index contributed by atoms with van der Waals surface area (Å²) in [5.41, 5.74) is 2.76. The van der Waals surface area contributed by atoms with Crippen LogP contribution in [0.1, 0.15) is 30.9 Å². The van der Waals surface area contributed by atoms with Crippen molar-refractivity contribution in [1.29, 1.82) is 0 Å². The largest absolute Gasteiger partial charge is 0.343 e. The Balaban J connectivity index is 2.00. The molecule has 1 fully saturated rings. The molecule has 1 heterocycles. The Kier molecular flexibility index (Phi) is 3.78. The fourth-order valence-corrected chi connectivity index (χ4v) is 3.46. The summed E-state index contributed by atoms with van der Waals surface area (Å²) < 4.78 is 0. The molecule has 2 heteroatoms. The molecule has 0 bridgehead atoms. The zero-order valence-electron chi connectivity index (χ0n) is 12.5. The molecule has 0 aromatic heterocycles. The average Bonchev–Trinajstić information content (AvgIpc) is 2.56. The molecular formula is C19H21NO. The van der Waals surface area contributed by atoms with Gasteiger partial charge in [-0.15, -0.1) is 0 Å². The fraction of sp³-hybridized carbons (Fsp3) is 0.316. The number of hydrogen-bond donors (Lipinski definition) is 0. The molecule has 108 valence electrons. The second-order valence-electron chi connectivity index (χ2n) is 5.82. The van der Waals surface area contributed by atoms with Gasteiger partial charge in [-0.05, 0) is 24.0 Å². The topological polar surface area (TPSA) is 20.3 Å². The van der Waals surface area contributed by atoms with Crippen molar-refractivity contribution < 1.29 is 4.79 Å². The first-order valence-electron chi connectivity index (χ1n) is 7.59. The van der Waals surface area contributed by atoms with Crippen LogP contribution in [-0.4, -0.2) is 23.9 Å². The Bertz CT molecular complexity index is 556. The van der Waals surface area contributed by atoms with Crippen molar-refractivity contribution in [3.05, 3.63) is 71.8 Å². The Morgan fingerprint density at radius 1 is 0.857 bits per heavy atom. The number of carbonyl (C=O) groups is 1. The normalized spacial score (nSPS) is 17.5. The van der Waals surface area contributed by atoms with E-state index in [0.717, 1.165) is 25.9 Å². The lowest BCUT2D eigenvalue weighted by Gasteiger charge is -2.42. The van der Waals surface area contributed by atoms with Crippen LogP contribution in [0.2, 0.25) is 0 Å². The first kappa shape index (κ1) is 13.9. The van der Waals surface area contributed by atoms with Gasteiger partial charge in [0.25, 0.3) is 0 Å². The molecule has 1 saturated heterocycles. The summed E-state index contributed by atoms with van der Waals surface area (Å²) in [5.74, 6) is 0.185. The standard InChI is InChI=1S/C19H21NO/c1-16(21)20-14-12-19(13-15-20,17-8-4-2-5-9-17)18-10-6-3-7-11-18/h2-11H,12-15H2,1H3. The molecule has 0 unspecified atom stereocenters. The van der Waals surface area contributed by atoms with Crippen molar-refractivity contribution in [3.8, 4) is 0 Å².